The molecule has 20 heavy (non-hydrogen) atoms. The Morgan fingerprint density at radius 3 is 2.40 bits per heavy atom. The quantitative estimate of drug-likeness (QED) is 0.931. The molecule has 1 aromatic rings. The maximum atomic E-state index is 12.5. The van der Waals surface area contributed by atoms with Crippen LogP contribution in [0.4, 0.5) is 0 Å². The molecule has 1 heterocycles. The van der Waals surface area contributed by atoms with Crippen LogP contribution in [0.25, 0.3) is 0 Å². The van der Waals surface area contributed by atoms with E-state index in [9.17, 15) is 14.7 Å². The zero-order chi connectivity index (χ0) is 14.9. The summed E-state index contributed by atoms with van der Waals surface area (Å²) in [6.45, 7) is 6.06. The highest BCUT2D eigenvalue weighted by Gasteiger charge is 2.39. The minimum Gasteiger partial charge on any atom is -0.480 e. The lowest BCUT2D eigenvalue weighted by molar-refractivity contribution is -0.141. The number of carbonyl (C=O) groups is 2. The van der Waals surface area contributed by atoms with Crippen molar-refractivity contribution < 1.29 is 14.7 Å². The normalized spacial score (nSPS) is 22.3. The molecule has 2 atom stereocenters. The van der Waals surface area contributed by atoms with Crippen LogP contribution >= 0.6 is 11.8 Å². The van der Waals surface area contributed by atoms with Gasteiger partial charge in [-0.25, -0.2) is 4.79 Å². The molecule has 1 aromatic carbocycles. The monoisotopic (exact) mass is 293 g/mol. The third kappa shape index (κ3) is 2.82. The third-order valence-corrected chi connectivity index (χ3v) is 4.78. The number of aliphatic carboxylic acids is 1. The van der Waals surface area contributed by atoms with E-state index in [0.29, 0.717) is 17.2 Å². The molecule has 4 nitrogen and oxygen atoms in total. The summed E-state index contributed by atoms with van der Waals surface area (Å²) in [6, 6.07) is 6.70. The van der Waals surface area contributed by atoms with Crippen LogP contribution in [0.1, 0.15) is 42.6 Å². The van der Waals surface area contributed by atoms with Crippen molar-refractivity contribution in [3.8, 4) is 0 Å². The number of thioether (sulfide) groups is 1. The van der Waals surface area contributed by atoms with Gasteiger partial charge >= 0.3 is 5.97 Å². The number of rotatable bonds is 3. The molecule has 0 spiro atoms. The van der Waals surface area contributed by atoms with Crippen LogP contribution < -0.4 is 0 Å². The van der Waals surface area contributed by atoms with Crippen LogP contribution in [0.5, 0.6) is 0 Å². The molecule has 1 fully saturated rings. The topological polar surface area (TPSA) is 57.6 Å². The van der Waals surface area contributed by atoms with Crippen molar-refractivity contribution in [2.24, 2.45) is 0 Å². The molecule has 0 bridgehead atoms. The molecular weight excluding hydrogens is 274 g/mol. The van der Waals surface area contributed by atoms with Crippen molar-refractivity contribution in [3.63, 3.8) is 0 Å². The standard InChI is InChI=1S/C15H19NO3S/c1-9(2)11-4-6-12(7-5-11)14(17)16-10(3)20-8-13(16)15(18)19/h4-7,9-10,13H,8H2,1-3H3,(H,18,19). The number of benzene rings is 1. The average Bonchev–Trinajstić information content (AvgIpc) is 2.80. The van der Waals surface area contributed by atoms with Gasteiger partial charge in [0.15, 0.2) is 0 Å². The summed E-state index contributed by atoms with van der Waals surface area (Å²) in [5.41, 5.74) is 1.72. The Hall–Kier alpha value is -1.49. The summed E-state index contributed by atoms with van der Waals surface area (Å²) in [5, 5.41) is 9.10. The van der Waals surface area contributed by atoms with Crippen molar-refractivity contribution in [2.45, 2.75) is 38.1 Å². The van der Waals surface area contributed by atoms with E-state index in [2.05, 4.69) is 13.8 Å². The van der Waals surface area contributed by atoms with Gasteiger partial charge in [-0.3, -0.25) is 4.79 Å². The number of hydrogen-bond donors (Lipinski definition) is 1. The Bertz CT molecular complexity index is 512. The molecular formula is C15H19NO3S. The maximum absolute atomic E-state index is 12.5. The molecule has 1 amide bonds. The first-order valence-corrected chi connectivity index (χ1v) is 7.73. The predicted octanol–water partition coefficient (Wildman–Crippen LogP) is 2.80. The summed E-state index contributed by atoms with van der Waals surface area (Å²) in [4.78, 5) is 25.2. The summed E-state index contributed by atoms with van der Waals surface area (Å²) in [7, 11) is 0. The fourth-order valence-electron chi connectivity index (χ4n) is 2.30. The molecule has 1 aliphatic rings. The number of nitrogens with zero attached hydrogens (tertiary/aromatic N) is 1. The molecule has 1 saturated heterocycles. The number of amides is 1. The van der Waals surface area contributed by atoms with Crippen LogP contribution in [-0.2, 0) is 4.79 Å². The van der Waals surface area contributed by atoms with Gasteiger partial charge in [-0.05, 0) is 30.5 Å². The minimum absolute atomic E-state index is 0.103. The van der Waals surface area contributed by atoms with Gasteiger partial charge in [0.2, 0.25) is 0 Å². The molecule has 2 rings (SSSR count). The van der Waals surface area contributed by atoms with Gasteiger partial charge < -0.3 is 10.0 Å². The Morgan fingerprint density at radius 2 is 1.90 bits per heavy atom. The largest absolute Gasteiger partial charge is 0.480 e. The highest BCUT2D eigenvalue weighted by atomic mass is 32.2. The average molecular weight is 293 g/mol. The van der Waals surface area contributed by atoms with Crippen molar-refractivity contribution in [3.05, 3.63) is 35.4 Å². The van der Waals surface area contributed by atoms with Crippen LogP contribution in [0.15, 0.2) is 24.3 Å². The summed E-state index contributed by atoms with van der Waals surface area (Å²) in [5.74, 6) is -0.279. The van der Waals surface area contributed by atoms with Gasteiger partial charge in [0.25, 0.3) is 5.91 Å². The first kappa shape index (κ1) is 14.9. The van der Waals surface area contributed by atoms with Crippen molar-refractivity contribution >= 4 is 23.6 Å². The van der Waals surface area contributed by atoms with Crippen LogP contribution in [0.3, 0.4) is 0 Å². The molecule has 0 aromatic heterocycles. The summed E-state index contributed by atoms with van der Waals surface area (Å²) < 4.78 is 0. The second-order valence-corrected chi connectivity index (χ2v) is 6.62. The van der Waals surface area contributed by atoms with Gasteiger partial charge in [0.1, 0.15) is 6.04 Å². The molecule has 108 valence electrons. The van der Waals surface area contributed by atoms with Gasteiger partial charge in [-0.1, -0.05) is 26.0 Å². The first-order chi connectivity index (χ1) is 9.41. The molecule has 1 N–H and O–H groups in total. The van der Waals surface area contributed by atoms with E-state index in [1.54, 1.807) is 12.1 Å². The zero-order valence-electron chi connectivity index (χ0n) is 11.9. The lowest BCUT2D eigenvalue weighted by Crippen LogP contribution is -2.44. The Balaban J connectivity index is 2.23. The summed E-state index contributed by atoms with van der Waals surface area (Å²) in [6.07, 6.45) is 0. The Labute approximate surface area is 123 Å². The second-order valence-electron chi connectivity index (χ2n) is 5.28. The second kappa shape index (κ2) is 5.87. The van der Waals surface area contributed by atoms with E-state index >= 15 is 0 Å². The lowest BCUT2D eigenvalue weighted by atomic mass is 10.0. The van der Waals surface area contributed by atoms with Gasteiger partial charge in [-0.2, -0.15) is 0 Å². The van der Waals surface area contributed by atoms with Crippen LogP contribution in [0.2, 0.25) is 0 Å². The number of carbonyl (C=O) groups excluding carboxylic acids is 1. The fourth-order valence-corrected chi connectivity index (χ4v) is 3.47. The summed E-state index contributed by atoms with van der Waals surface area (Å²) >= 11 is 1.50. The van der Waals surface area contributed by atoms with Crippen molar-refractivity contribution in [1.29, 1.82) is 0 Å². The van der Waals surface area contributed by atoms with E-state index in [-0.39, 0.29) is 11.3 Å². The lowest BCUT2D eigenvalue weighted by Gasteiger charge is -2.25. The van der Waals surface area contributed by atoms with E-state index < -0.39 is 12.0 Å². The van der Waals surface area contributed by atoms with E-state index in [0.717, 1.165) is 0 Å². The molecule has 0 saturated carbocycles. The van der Waals surface area contributed by atoms with Gasteiger partial charge in [-0.15, -0.1) is 11.8 Å². The first-order valence-electron chi connectivity index (χ1n) is 6.69. The molecule has 2 unspecified atom stereocenters. The van der Waals surface area contributed by atoms with Crippen molar-refractivity contribution in [2.75, 3.05) is 5.75 Å². The number of carboxylic acids is 1. The molecule has 0 radical (unpaired) electrons. The highest BCUT2D eigenvalue weighted by Crippen LogP contribution is 2.30. The molecule has 0 aliphatic carbocycles. The molecule has 5 heteroatoms. The van der Waals surface area contributed by atoms with Crippen molar-refractivity contribution in [1.82, 2.24) is 4.90 Å². The smallest absolute Gasteiger partial charge is 0.327 e. The predicted molar refractivity (Wildman–Crippen MR) is 80.0 cm³/mol. The van der Waals surface area contributed by atoms with Crippen LogP contribution in [-0.4, -0.2) is 39.1 Å². The Kier molecular flexibility index (Phi) is 4.38. The number of carboxylic acid groups (broad SMARTS) is 1. The van der Waals surface area contributed by atoms with E-state index in [4.69, 9.17) is 0 Å². The third-order valence-electron chi connectivity index (χ3n) is 3.57. The minimum atomic E-state index is -0.936. The van der Waals surface area contributed by atoms with Crippen LogP contribution in [0, 0.1) is 0 Å². The van der Waals surface area contributed by atoms with Gasteiger partial charge in [0.05, 0.1) is 5.37 Å². The number of hydrogen-bond acceptors (Lipinski definition) is 3. The van der Waals surface area contributed by atoms with Gasteiger partial charge in [0, 0.05) is 11.3 Å². The highest BCUT2D eigenvalue weighted by molar-refractivity contribution is 8.00. The van der Waals surface area contributed by atoms with E-state index in [1.807, 2.05) is 19.1 Å². The maximum Gasteiger partial charge on any atom is 0.327 e. The molecule has 1 aliphatic heterocycles. The SMILES string of the molecule is CC(C)c1ccc(C(=O)N2C(C)SCC2C(=O)O)cc1. The fraction of sp³-hybridized carbons (Fsp3) is 0.467. The Morgan fingerprint density at radius 1 is 1.30 bits per heavy atom. The van der Waals surface area contributed by atoms with E-state index in [1.165, 1.54) is 22.2 Å². The zero-order valence-corrected chi connectivity index (χ0v) is 12.7.